The van der Waals surface area contributed by atoms with Crippen LogP contribution in [0.5, 0.6) is 0 Å². The maximum absolute atomic E-state index is 12.7. The third-order valence-electron chi connectivity index (χ3n) is 4.79. The maximum Gasteiger partial charge on any atom is 0.321 e. The summed E-state index contributed by atoms with van der Waals surface area (Å²) in [6.45, 7) is 3.12. The lowest BCUT2D eigenvalue weighted by Gasteiger charge is -2.36. The topological polar surface area (TPSA) is 35.6 Å². The number of amides is 2. The molecule has 26 heavy (non-hydrogen) atoms. The summed E-state index contributed by atoms with van der Waals surface area (Å²) >= 11 is 3.63. The highest BCUT2D eigenvalue weighted by Gasteiger charge is 2.22. The Labute approximate surface area is 161 Å². The number of rotatable bonds is 2. The van der Waals surface area contributed by atoms with Gasteiger partial charge < -0.3 is 15.1 Å². The van der Waals surface area contributed by atoms with Gasteiger partial charge >= 0.3 is 6.03 Å². The molecule has 1 saturated heterocycles. The van der Waals surface area contributed by atoms with Crippen LogP contribution in [0.1, 0.15) is 0 Å². The number of halogens is 1. The van der Waals surface area contributed by atoms with Crippen molar-refractivity contribution in [3.63, 3.8) is 0 Å². The SMILES string of the molecule is O=C(Nc1ccc2ccccc2c1Br)N1CCN(c2ccccc2)CC1. The van der Waals surface area contributed by atoms with Crippen LogP contribution < -0.4 is 10.2 Å². The number of benzene rings is 3. The Kier molecular flexibility index (Phi) is 4.80. The van der Waals surface area contributed by atoms with Crippen molar-refractivity contribution >= 4 is 44.1 Å². The fraction of sp³-hybridized carbons (Fsp3) is 0.190. The largest absolute Gasteiger partial charge is 0.368 e. The second kappa shape index (κ2) is 7.38. The monoisotopic (exact) mass is 409 g/mol. The van der Waals surface area contributed by atoms with Crippen LogP contribution in [0.25, 0.3) is 10.8 Å². The van der Waals surface area contributed by atoms with Gasteiger partial charge in [-0.3, -0.25) is 0 Å². The van der Waals surface area contributed by atoms with Gasteiger partial charge in [-0.15, -0.1) is 0 Å². The van der Waals surface area contributed by atoms with Gasteiger partial charge in [0.25, 0.3) is 0 Å². The Morgan fingerprint density at radius 2 is 1.54 bits per heavy atom. The average molecular weight is 410 g/mol. The zero-order valence-electron chi connectivity index (χ0n) is 14.4. The lowest BCUT2D eigenvalue weighted by Crippen LogP contribution is -2.50. The van der Waals surface area contributed by atoms with Gasteiger partial charge in [0.2, 0.25) is 0 Å². The molecule has 0 atom stereocenters. The smallest absolute Gasteiger partial charge is 0.321 e. The van der Waals surface area contributed by atoms with E-state index in [9.17, 15) is 4.79 Å². The van der Waals surface area contributed by atoms with E-state index < -0.39 is 0 Å². The van der Waals surface area contributed by atoms with E-state index >= 15 is 0 Å². The number of carbonyl (C=O) groups excluding carboxylic acids is 1. The summed E-state index contributed by atoms with van der Waals surface area (Å²) in [6.07, 6.45) is 0. The van der Waals surface area contributed by atoms with Crippen molar-refractivity contribution in [2.75, 3.05) is 36.4 Å². The van der Waals surface area contributed by atoms with Crippen LogP contribution in [0.15, 0.2) is 71.2 Å². The number of anilines is 2. The van der Waals surface area contributed by atoms with E-state index in [-0.39, 0.29) is 6.03 Å². The minimum absolute atomic E-state index is 0.0475. The molecular weight excluding hydrogens is 390 g/mol. The summed E-state index contributed by atoms with van der Waals surface area (Å²) in [7, 11) is 0. The highest BCUT2D eigenvalue weighted by molar-refractivity contribution is 9.10. The van der Waals surface area contributed by atoms with Crippen LogP contribution in [-0.4, -0.2) is 37.1 Å². The van der Waals surface area contributed by atoms with Gasteiger partial charge in [0.1, 0.15) is 0 Å². The molecule has 1 N–H and O–H groups in total. The molecule has 132 valence electrons. The minimum atomic E-state index is -0.0475. The quantitative estimate of drug-likeness (QED) is 0.649. The molecule has 1 heterocycles. The second-order valence-electron chi connectivity index (χ2n) is 6.39. The van der Waals surface area contributed by atoms with Crippen molar-refractivity contribution < 1.29 is 4.79 Å². The number of urea groups is 1. The number of fused-ring (bicyclic) bond motifs is 1. The van der Waals surface area contributed by atoms with Gasteiger partial charge in [-0.25, -0.2) is 4.79 Å². The fourth-order valence-electron chi connectivity index (χ4n) is 3.33. The van der Waals surface area contributed by atoms with Crippen molar-refractivity contribution in [1.82, 2.24) is 4.90 Å². The molecule has 0 saturated carbocycles. The highest BCUT2D eigenvalue weighted by atomic mass is 79.9. The zero-order valence-corrected chi connectivity index (χ0v) is 15.9. The Bertz CT molecular complexity index is 921. The van der Waals surface area contributed by atoms with Crippen LogP contribution in [-0.2, 0) is 0 Å². The molecule has 1 fully saturated rings. The Morgan fingerprint density at radius 3 is 2.31 bits per heavy atom. The third kappa shape index (κ3) is 3.40. The number of nitrogens with zero attached hydrogens (tertiary/aromatic N) is 2. The van der Waals surface area contributed by atoms with Gasteiger partial charge in [-0.05, 0) is 44.9 Å². The van der Waals surface area contributed by atoms with Crippen LogP contribution in [0.3, 0.4) is 0 Å². The molecule has 0 radical (unpaired) electrons. The molecule has 0 spiro atoms. The molecule has 5 heteroatoms. The van der Waals surface area contributed by atoms with E-state index in [2.05, 4.69) is 44.3 Å². The molecule has 3 aromatic carbocycles. The van der Waals surface area contributed by atoms with Crippen LogP contribution in [0, 0.1) is 0 Å². The molecule has 2 amide bonds. The Morgan fingerprint density at radius 1 is 0.846 bits per heavy atom. The molecule has 1 aliphatic heterocycles. The average Bonchev–Trinajstić information content (AvgIpc) is 2.71. The van der Waals surface area contributed by atoms with Crippen LogP contribution in [0.2, 0.25) is 0 Å². The van der Waals surface area contributed by atoms with E-state index in [1.165, 1.54) is 5.69 Å². The van der Waals surface area contributed by atoms with Gasteiger partial charge in [-0.2, -0.15) is 0 Å². The number of piperazine rings is 1. The number of hydrogen-bond acceptors (Lipinski definition) is 2. The van der Waals surface area contributed by atoms with E-state index in [1.807, 2.05) is 53.4 Å². The molecule has 0 bridgehead atoms. The molecular formula is C21H20BrN3O. The number of hydrogen-bond donors (Lipinski definition) is 1. The number of carbonyl (C=O) groups is 1. The second-order valence-corrected chi connectivity index (χ2v) is 7.18. The summed E-state index contributed by atoms with van der Waals surface area (Å²) in [6, 6.07) is 22.4. The van der Waals surface area contributed by atoms with Crippen molar-refractivity contribution in [2.45, 2.75) is 0 Å². The fourth-order valence-corrected chi connectivity index (χ4v) is 3.92. The Hall–Kier alpha value is -2.53. The van der Waals surface area contributed by atoms with Crippen molar-refractivity contribution in [3.8, 4) is 0 Å². The molecule has 3 aromatic rings. The molecule has 4 rings (SSSR count). The van der Waals surface area contributed by atoms with Crippen molar-refractivity contribution in [1.29, 1.82) is 0 Å². The lowest BCUT2D eigenvalue weighted by atomic mass is 10.1. The van der Waals surface area contributed by atoms with Gasteiger partial charge in [0, 0.05) is 36.3 Å². The zero-order chi connectivity index (χ0) is 17.9. The first-order valence-electron chi connectivity index (χ1n) is 8.75. The Balaban J connectivity index is 1.42. The highest BCUT2D eigenvalue weighted by Crippen LogP contribution is 2.31. The van der Waals surface area contributed by atoms with Crippen LogP contribution in [0.4, 0.5) is 16.2 Å². The summed E-state index contributed by atoms with van der Waals surface area (Å²) < 4.78 is 0.923. The van der Waals surface area contributed by atoms with Gasteiger partial charge in [0.05, 0.1) is 5.69 Å². The minimum Gasteiger partial charge on any atom is -0.368 e. The molecule has 0 aliphatic carbocycles. The predicted molar refractivity (Wildman–Crippen MR) is 111 cm³/mol. The third-order valence-corrected chi connectivity index (χ3v) is 5.65. The first kappa shape index (κ1) is 16.9. The summed E-state index contributed by atoms with van der Waals surface area (Å²) in [5.41, 5.74) is 2.02. The van der Waals surface area contributed by atoms with Gasteiger partial charge in [0.15, 0.2) is 0 Å². The van der Waals surface area contributed by atoms with E-state index in [1.54, 1.807) is 0 Å². The van der Waals surface area contributed by atoms with Crippen LogP contribution >= 0.6 is 15.9 Å². The molecule has 0 aromatic heterocycles. The molecule has 4 nitrogen and oxygen atoms in total. The predicted octanol–water partition coefficient (Wildman–Crippen LogP) is 4.96. The van der Waals surface area contributed by atoms with E-state index in [4.69, 9.17) is 0 Å². The standard InChI is InChI=1S/C21H20BrN3O/c22-20-18-9-5-4-6-16(18)10-11-19(20)23-21(26)25-14-12-24(13-15-25)17-7-2-1-3-8-17/h1-11H,12-15H2,(H,23,26). The van der Waals surface area contributed by atoms with Crippen molar-refractivity contribution in [3.05, 3.63) is 71.2 Å². The first-order chi connectivity index (χ1) is 12.7. The van der Waals surface area contributed by atoms with Crippen molar-refractivity contribution in [2.24, 2.45) is 0 Å². The summed E-state index contributed by atoms with van der Waals surface area (Å²) in [5, 5.41) is 5.29. The summed E-state index contributed by atoms with van der Waals surface area (Å²) in [5.74, 6) is 0. The molecule has 0 unspecified atom stereocenters. The van der Waals surface area contributed by atoms with E-state index in [0.29, 0.717) is 13.1 Å². The lowest BCUT2D eigenvalue weighted by molar-refractivity contribution is 0.208. The summed E-state index contributed by atoms with van der Waals surface area (Å²) in [4.78, 5) is 16.9. The maximum atomic E-state index is 12.7. The molecule has 1 aliphatic rings. The number of para-hydroxylation sites is 1. The number of nitrogens with one attached hydrogen (secondary N) is 1. The first-order valence-corrected chi connectivity index (χ1v) is 9.55. The van der Waals surface area contributed by atoms with Gasteiger partial charge in [-0.1, -0.05) is 48.5 Å². The normalized spacial score (nSPS) is 14.5. The van der Waals surface area contributed by atoms with E-state index in [0.717, 1.165) is 34.0 Å².